The van der Waals surface area contributed by atoms with Gasteiger partial charge >= 0.3 is 12.1 Å². The number of amides is 1. The van der Waals surface area contributed by atoms with Crippen LogP contribution >= 0.6 is 0 Å². The second-order valence-electron chi connectivity index (χ2n) is 7.99. The van der Waals surface area contributed by atoms with Crippen LogP contribution in [0.4, 0.5) is 4.79 Å². The summed E-state index contributed by atoms with van der Waals surface area (Å²) in [7, 11) is 0. The number of hydrogen-bond donors (Lipinski definition) is 1. The highest BCUT2D eigenvalue weighted by atomic mass is 16.6. The lowest BCUT2D eigenvalue weighted by atomic mass is 9.93. The van der Waals surface area contributed by atoms with Gasteiger partial charge < -0.3 is 14.6 Å². The molecule has 28 heavy (non-hydrogen) atoms. The van der Waals surface area contributed by atoms with Crippen molar-refractivity contribution in [3.05, 3.63) is 65.7 Å². The van der Waals surface area contributed by atoms with E-state index in [1.54, 1.807) is 24.3 Å². The molecule has 2 aromatic rings. The average Bonchev–Trinajstić information content (AvgIpc) is 2.99. The maximum Gasteiger partial charge on any atom is 0.413 e. The Balaban J connectivity index is 1.80. The topological polar surface area (TPSA) is 76.1 Å². The fourth-order valence-electron chi connectivity index (χ4n) is 3.17. The van der Waals surface area contributed by atoms with Gasteiger partial charge in [-0.15, -0.1) is 0 Å². The van der Waals surface area contributed by atoms with Gasteiger partial charge in [-0.25, -0.2) is 9.59 Å². The number of phenols is 1. The van der Waals surface area contributed by atoms with Crippen LogP contribution in [0.25, 0.3) is 0 Å². The van der Waals surface area contributed by atoms with Crippen molar-refractivity contribution in [3.63, 3.8) is 0 Å². The Bertz CT molecular complexity index is 826. The van der Waals surface area contributed by atoms with E-state index in [4.69, 9.17) is 9.47 Å². The van der Waals surface area contributed by atoms with Gasteiger partial charge in [0.25, 0.3) is 0 Å². The van der Waals surface area contributed by atoms with E-state index in [0.29, 0.717) is 0 Å². The molecule has 1 aliphatic heterocycles. The normalized spacial score (nSPS) is 19.4. The number of cyclic esters (lactones) is 1. The van der Waals surface area contributed by atoms with E-state index in [9.17, 15) is 14.7 Å². The van der Waals surface area contributed by atoms with E-state index in [1.807, 2.05) is 51.1 Å². The highest BCUT2D eigenvalue weighted by Crippen LogP contribution is 2.34. The van der Waals surface area contributed by atoms with Crippen LogP contribution in [-0.2, 0) is 27.3 Å². The molecule has 0 spiro atoms. The summed E-state index contributed by atoms with van der Waals surface area (Å²) < 4.78 is 11.0. The van der Waals surface area contributed by atoms with Crippen molar-refractivity contribution in [1.29, 1.82) is 0 Å². The van der Waals surface area contributed by atoms with E-state index in [0.717, 1.165) is 11.1 Å². The van der Waals surface area contributed by atoms with Crippen LogP contribution < -0.4 is 0 Å². The molecule has 3 rings (SSSR count). The summed E-state index contributed by atoms with van der Waals surface area (Å²) in [5, 5.41) is 9.46. The number of rotatable bonds is 4. The van der Waals surface area contributed by atoms with Crippen molar-refractivity contribution >= 4 is 12.1 Å². The molecule has 1 amide bonds. The predicted molar refractivity (Wildman–Crippen MR) is 103 cm³/mol. The Morgan fingerprint density at radius 3 is 2.32 bits per heavy atom. The maximum absolute atomic E-state index is 12.9. The van der Waals surface area contributed by atoms with E-state index in [2.05, 4.69) is 0 Å². The first-order chi connectivity index (χ1) is 13.3. The van der Waals surface area contributed by atoms with Crippen LogP contribution in [0.5, 0.6) is 5.75 Å². The molecule has 0 aromatic heterocycles. The van der Waals surface area contributed by atoms with E-state index in [1.165, 1.54) is 4.90 Å². The SMILES string of the molecule is CC(C)(C)C1OC(=O)C(Cc2ccc(O)cc2)N1C(=O)OCc1ccccc1. The molecule has 0 radical (unpaired) electrons. The van der Waals surface area contributed by atoms with Gasteiger partial charge in [0.2, 0.25) is 0 Å². The summed E-state index contributed by atoms with van der Waals surface area (Å²) in [6.45, 7) is 5.84. The Labute approximate surface area is 164 Å². The van der Waals surface area contributed by atoms with Crippen LogP contribution in [-0.4, -0.2) is 34.3 Å². The smallest absolute Gasteiger partial charge is 0.413 e. The van der Waals surface area contributed by atoms with Gasteiger partial charge in [-0.2, -0.15) is 0 Å². The summed E-state index contributed by atoms with van der Waals surface area (Å²) in [4.78, 5) is 26.9. The van der Waals surface area contributed by atoms with Gasteiger partial charge in [-0.3, -0.25) is 4.90 Å². The minimum atomic E-state index is -0.781. The van der Waals surface area contributed by atoms with Gasteiger partial charge in [0.1, 0.15) is 18.4 Å². The van der Waals surface area contributed by atoms with Gasteiger partial charge in [0.15, 0.2) is 6.23 Å². The molecule has 1 N–H and O–H groups in total. The van der Waals surface area contributed by atoms with Crippen LogP contribution in [0.1, 0.15) is 31.9 Å². The molecule has 6 heteroatoms. The number of phenolic OH excluding ortho intramolecular Hbond substituents is 1. The van der Waals surface area contributed by atoms with E-state index >= 15 is 0 Å². The molecule has 6 nitrogen and oxygen atoms in total. The largest absolute Gasteiger partial charge is 0.508 e. The molecule has 2 unspecified atom stereocenters. The zero-order chi connectivity index (χ0) is 20.3. The Hall–Kier alpha value is -3.02. The second-order valence-corrected chi connectivity index (χ2v) is 7.99. The van der Waals surface area contributed by atoms with Crippen molar-refractivity contribution in [3.8, 4) is 5.75 Å². The molecule has 0 aliphatic carbocycles. The third kappa shape index (κ3) is 4.44. The number of hydrogen-bond acceptors (Lipinski definition) is 5. The lowest BCUT2D eigenvalue weighted by Crippen LogP contribution is -2.48. The zero-order valence-electron chi connectivity index (χ0n) is 16.3. The molecule has 1 heterocycles. The van der Waals surface area contributed by atoms with Crippen molar-refractivity contribution in [2.24, 2.45) is 5.41 Å². The van der Waals surface area contributed by atoms with E-state index in [-0.39, 0.29) is 18.8 Å². The minimum Gasteiger partial charge on any atom is -0.508 e. The fourth-order valence-corrected chi connectivity index (χ4v) is 3.17. The summed E-state index contributed by atoms with van der Waals surface area (Å²) in [5.74, 6) is -0.311. The van der Waals surface area contributed by atoms with Crippen LogP contribution in [0, 0.1) is 5.41 Å². The Kier molecular flexibility index (Phi) is 5.58. The van der Waals surface area contributed by atoms with Crippen molar-refractivity contribution in [2.75, 3.05) is 0 Å². The van der Waals surface area contributed by atoms with Crippen LogP contribution in [0.2, 0.25) is 0 Å². The first-order valence-electron chi connectivity index (χ1n) is 9.23. The first kappa shape index (κ1) is 19.7. The fraction of sp³-hybridized carbons (Fsp3) is 0.364. The zero-order valence-corrected chi connectivity index (χ0v) is 16.3. The number of nitrogens with zero attached hydrogens (tertiary/aromatic N) is 1. The first-order valence-corrected chi connectivity index (χ1v) is 9.23. The highest BCUT2D eigenvalue weighted by molar-refractivity contribution is 5.85. The average molecular weight is 383 g/mol. The summed E-state index contributed by atoms with van der Waals surface area (Å²) >= 11 is 0. The van der Waals surface area contributed by atoms with Gasteiger partial charge in [-0.05, 0) is 23.3 Å². The molecule has 2 aromatic carbocycles. The minimum absolute atomic E-state index is 0.118. The summed E-state index contributed by atoms with van der Waals surface area (Å²) in [5.41, 5.74) is 1.21. The molecule has 0 saturated carbocycles. The predicted octanol–water partition coefficient (Wildman–Crippen LogP) is 3.87. The molecule has 0 bridgehead atoms. The van der Waals surface area contributed by atoms with E-state index < -0.39 is 29.7 Å². The van der Waals surface area contributed by atoms with Crippen LogP contribution in [0.3, 0.4) is 0 Å². The van der Waals surface area contributed by atoms with Crippen molar-refractivity contribution in [2.45, 2.75) is 46.1 Å². The van der Waals surface area contributed by atoms with Crippen molar-refractivity contribution < 1.29 is 24.2 Å². The standard InChI is InChI=1S/C22H25NO5/c1-22(2,3)20-23(21(26)27-14-16-7-5-4-6-8-16)18(19(25)28-20)13-15-9-11-17(24)12-10-15/h4-12,18,20,24H,13-14H2,1-3H3. The third-order valence-corrected chi connectivity index (χ3v) is 4.61. The maximum atomic E-state index is 12.9. The molecule has 1 aliphatic rings. The quantitative estimate of drug-likeness (QED) is 0.811. The summed E-state index contributed by atoms with van der Waals surface area (Å²) in [6.07, 6.45) is -1.02. The lowest BCUT2D eigenvalue weighted by molar-refractivity contribution is -0.147. The molecule has 1 fully saturated rings. The molecule has 2 atom stereocenters. The summed E-state index contributed by atoms with van der Waals surface area (Å²) in [6, 6.07) is 15.1. The van der Waals surface area contributed by atoms with Gasteiger partial charge in [0.05, 0.1) is 0 Å². The second kappa shape index (κ2) is 7.92. The molecular formula is C22H25NO5. The molecular weight excluding hydrogens is 358 g/mol. The van der Waals surface area contributed by atoms with Crippen molar-refractivity contribution in [1.82, 2.24) is 4.90 Å². The van der Waals surface area contributed by atoms with Gasteiger partial charge in [0, 0.05) is 11.8 Å². The number of aromatic hydroxyl groups is 1. The monoisotopic (exact) mass is 383 g/mol. The molecule has 148 valence electrons. The van der Waals surface area contributed by atoms with Gasteiger partial charge in [-0.1, -0.05) is 63.2 Å². The number of carbonyl (C=O) groups excluding carboxylic acids is 2. The number of carbonyl (C=O) groups is 2. The molecule has 1 saturated heterocycles. The Morgan fingerprint density at radius 1 is 1.07 bits per heavy atom. The third-order valence-electron chi connectivity index (χ3n) is 4.61. The lowest BCUT2D eigenvalue weighted by Gasteiger charge is -2.33. The van der Waals surface area contributed by atoms with Crippen LogP contribution in [0.15, 0.2) is 54.6 Å². The number of esters is 1. The highest BCUT2D eigenvalue weighted by Gasteiger charge is 2.50. The number of ether oxygens (including phenoxy) is 2. The number of benzene rings is 2. The Morgan fingerprint density at radius 2 is 1.71 bits per heavy atom.